The van der Waals surface area contributed by atoms with Crippen LogP contribution in [0.15, 0.2) is 23.1 Å². The van der Waals surface area contributed by atoms with Crippen LogP contribution in [0.2, 0.25) is 0 Å². The first-order valence-electron chi connectivity index (χ1n) is 8.92. The molecule has 3 rings (SSSR count). The van der Waals surface area contributed by atoms with Gasteiger partial charge >= 0.3 is 0 Å². The summed E-state index contributed by atoms with van der Waals surface area (Å²) in [6.07, 6.45) is 6.09. The zero-order chi connectivity index (χ0) is 18.0. The summed E-state index contributed by atoms with van der Waals surface area (Å²) in [7, 11) is -2.27. The fourth-order valence-electron chi connectivity index (χ4n) is 3.29. The van der Waals surface area contributed by atoms with Gasteiger partial charge < -0.3 is 10.1 Å². The maximum absolute atomic E-state index is 12.6. The Kier molecular flexibility index (Phi) is 5.34. The number of amides is 1. The van der Waals surface area contributed by atoms with Gasteiger partial charge in [0.2, 0.25) is 10.0 Å². The van der Waals surface area contributed by atoms with Crippen LogP contribution >= 0.6 is 0 Å². The molecule has 7 heteroatoms. The second-order valence-electron chi connectivity index (χ2n) is 7.10. The lowest BCUT2D eigenvalue weighted by Crippen LogP contribution is -2.41. The number of benzene rings is 1. The van der Waals surface area contributed by atoms with Crippen molar-refractivity contribution in [1.29, 1.82) is 0 Å². The molecule has 0 saturated heterocycles. The molecule has 2 saturated carbocycles. The van der Waals surface area contributed by atoms with Gasteiger partial charge in [-0.05, 0) is 49.8 Å². The first-order chi connectivity index (χ1) is 11.9. The smallest absolute Gasteiger partial charge is 0.251 e. The zero-order valence-electron chi connectivity index (χ0n) is 14.7. The topological polar surface area (TPSA) is 84.5 Å². The number of hydrogen-bond acceptors (Lipinski definition) is 4. The molecule has 1 amide bonds. The van der Waals surface area contributed by atoms with E-state index in [1.165, 1.54) is 19.6 Å². The van der Waals surface area contributed by atoms with E-state index in [0.29, 0.717) is 11.5 Å². The van der Waals surface area contributed by atoms with E-state index in [-0.39, 0.29) is 28.6 Å². The molecule has 2 N–H and O–H groups in total. The quantitative estimate of drug-likeness (QED) is 0.810. The van der Waals surface area contributed by atoms with Crippen LogP contribution in [0.25, 0.3) is 0 Å². The Hall–Kier alpha value is -1.60. The van der Waals surface area contributed by atoms with Crippen molar-refractivity contribution >= 4 is 15.9 Å². The molecule has 0 aromatic heterocycles. The fourth-order valence-corrected chi connectivity index (χ4v) is 4.79. The minimum absolute atomic E-state index is 0.00437. The number of sulfonamides is 1. The van der Waals surface area contributed by atoms with E-state index in [1.807, 2.05) is 0 Å². The average Bonchev–Trinajstić information content (AvgIpc) is 3.39. The highest BCUT2D eigenvalue weighted by Crippen LogP contribution is 2.29. The molecule has 2 fully saturated rings. The molecule has 0 aliphatic heterocycles. The number of carbonyl (C=O) groups is 1. The van der Waals surface area contributed by atoms with Gasteiger partial charge in [0.15, 0.2) is 0 Å². The van der Waals surface area contributed by atoms with Gasteiger partial charge in [-0.15, -0.1) is 0 Å². The largest absolute Gasteiger partial charge is 0.495 e. The molecule has 6 nitrogen and oxygen atoms in total. The van der Waals surface area contributed by atoms with Crippen LogP contribution in [0.3, 0.4) is 0 Å². The van der Waals surface area contributed by atoms with Crippen LogP contribution in [-0.4, -0.2) is 33.5 Å². The lowest BCUT2D eigenvalue weighted by molar-refractivity contribution is 0.0910. The molecule has 0 bridgehead atoms. The fraction of sp³-hybridized carbons (Fsp3) is 0.611. The van der Waals surface area contributed by atoms with Gasteiger partial charge in [0.25, 0.3) is 5.91 Å². The molecule has 2 atom stereocenters. The van der Waals surface area contributed by atoms with Crippen molar-refractivity contribution in [3.8, 4) is 5.75 Å². The summed E-state index contributed by atoms with van der Waals surface area (Å²) < 4.78 is 32.9. The van der Waals surface area contributed by atoms with E-state index in [4.69, 9.17) is 4.74 Å². The number of nitrogens with one attached hydrogen (secondary N) is 2. The number of carbonyl (C=O) groups excluding carboxylic acids is 1. The van der Waals surface area contributed by atoms with Crippen molar-refractivity contribution in [3.05, 3.63) is 23.8 Å². The molecular weight excluding hydrogens is 340 g/mol. The molecule has 0 radical (unpaired) electrons. The first-order valence-corrected chi connectivity index (χ1v) is 10.4. The summed E-state index contributed by atoms with van der Waals surface area (Å²) in [6.45, 7) is 2.15. The summed E-state index contributed by atoms with van der Waals surface area (Å²) in [6, 6.07) is 4.70. The van der Waals surface area contributed by atoms with Gasteiger partial charge in [0.05, 0.1) is 7.11 Å². The van der Waals surface area contributed by atoms with Gasteiger partial charge in [0, 0.05) is 17.6 Å². The third-order valence-corrected chi connectivity index (χ3v) is 6.58. The molecule has 1 aromatic rings. The molecule has 2 unspecified atom stereocenters. The van der Waals surface area contributed by atoms with Crippen molar-refractivity contribution in [2.24, 2.45) is 5.92 Å². The molecule has 0 heterocycles. The van der Waals surface area contributed by atoms with E-state index in [0.717, 1.165) is 32.1 Å². The number of ether oxygens (including phenoxy) is 1. The molecule has 2 aliphatic carbocycles. The highest BCUT2D eigenvalue weighted by atomic mass is 32.2. The van der Waals surface area contributed by atoms with E-state index < -0.39 is 10.0 Å². The van der Waals surface area contributed by atoms with Crippen LogP contribution in [0.5, 0.6) is 5.75 Å². The monoisotopic (exact) mass is 366 g/mol. The Balaban J connectivity index is 1.81. The Morgan fingerprint density at radius 2 is 1.88 bits per heavy atom. The van der Waals surface area contributed by atoms with Gasteiger partial charge in [-0.2, -0.15) is 0 Å². The highest BCUT2D eigenvalue weighted by molar-refractivity contribution is 7.89. The molecule has 0 spiro atoms. The van der Waals surface area contributed by atoms with E-state index >= 15 is 0 Å². The van der Waals surface area contributed by atoms with Crippen molar-refractivity contribution in [2.45, 2.75) is 62.4 Å². The summed E-state index contributed by atoms with van der Waals surface area (Å²) in [5.41, 5.74) is 0.342. The lowest BCUT2D eigenvalue weighted by atomic mass is 9.86. The lowest BCUT2D eigenvalue weighted by Gasteiger charge is -2.29. The van der Waals surface area contributed by atoms with Crippen LogP contribution < -0.4 is 14.8 Å². The standard InChI is InChI=1S/C18H26N2O4S/c1-12-5-3-4-6-15(12)19-18(21)13-7-10-16(24-2)17(11-13)25(22,23)20-14-8-9-14/h7,10-12,14-15,20H,3-6,8-9H2,1-2H3,(H,19,21). The Morgan fingerprint density at radius 3 is 2.52 bits per heavy atom. The zero-order valence-corrected chi connectivity index (χ0v) is 15.6. The molecule has 25 heavy (non-hydrogen) atoms. The summed E-state index contributed by atoms with van der Waals surface area (Å²) in [4.78, 5) is 12.6. The van der Waals surface area contributed by atoms with Crippen molar-refractivity contribution in [2.75, 3.05) is 7.11 Å². The predicted octanol–water partition coefficient (Wildman–Crippen LogP) is 2.44. The normalized spacial score (nSPS) is 23.9. The molecule has 1 aromatic carbocycles. The van der Waals surface area contributed by atoms with Gasteiger partial charge in [-0.3, -0.25) is 4.79 Å². The van der Waals surface area contributed by atoms with Crippen LogP contribution in [0.4, 0.5) is 0 Å². The summed E-state index contributed by atoms with van der Waals surface area (Å²) in [5.74, 6) is 0.454. The van der Waals surface area contributed by atoms with Crippen molar-refractivity contribution in [1.82, 2.24) is 10.0 Å². The van der Waals surface area contributed by atoms with Gasteiger partial charge in [-0.1, -0.05) is 19.8 Å². The number of rotatable bonds is 6. The number of methoxy groups -OCH3 is 1. The maximum atomic E-state index is 12.6. The maximum Gasteiger partial charge on any atom is 0.251 e. The minimum atomic E-state index is -3.69. The Labute approximate surface area is 149 Å². The van der Waals surface area contributed by atoms with E-state index in [9.17, 15) is 13.2 Å². The first kappa shape index (κ1) is 18.2. The molecule has 2 aliphatic rings. The van der Waals surface area contributed by atoms with Gasteiger partial charge in [0.1, 0.15) is 10.6 Å². The Bertz CT molecular complexity index is 743. The Morgan fingerprint density at radius 1 is 1.16 bits per heavy atom. The predicted molar refractivity (Wildman–Crippen MR) is 95.2 cm³/mol. The minimum Gasteiger partial charge on any atom is -0.495 e. The van der Waals surface area contributed by atoms with Crippen molar-refractivity contribution < 1.29 is 17.9 Å². The highest BCUT2D eigenvalue weighted by Gasteiger charge is 2.31. The summed E-state index contributed by atoms with van der Waals surface area (Å²) >= 11 is 0. The third-order valence-electron chi connectivity index (χ3n) is 5.04. The van der Waals surface area contributed by atoms with Crippen LogP contribution in [0.1, 0.15) is 55.8 Å². The second kappa shape index (κ2) is 7.33. The SMILES string of the molecule is COc1ccc(C(=O)NC2CCCCC2C)cc1S(=O)(=O)NC1CC1. The summed E-state index contributed by atoms with van der Waals surface area (Å²) in [5, 5.41) is 3.06. The van der Waals surface area contributed by atoms with E-state index in [1.54, 1.807) is 12.1 Å². The van der Waals surface area contributed by atoms with Crippen molar-refractivity contribution in [3.63, 3.8) is 0 Å². The number of hydrogen-bond donors (Lipinski definition) is 2. The molecule has 138 valence electrons. The van der Waals surface area contributed by atoms with Crippen LogP contribution in [0, 0.1) is 5.92 Å². The average molecular weight is 366 g/mol. The molecular formula is C18H26N2O4S. The van der Waals surface area contributed by atoms with E-state index in [2.05, 4.69) is 17.0 Å². The second-order valence-corrected chi connectivity index (χ2v) is 8.79. The van der Waals surface area contributed by atoms with Crippen LogP contribution in [-0.2, 0) is 10.0 Å². The van der Waals surface area contributed by atoms with Gasteiger partial charge in [-0.25, -0.2) is 13.1 Å². The third kappa shape index (κ3) is 4.33.